The first-order valence-electron chi connectivity index (χ1n) is 9.18. The molecule has 3 rings (SSSR count). The maximum atomic E-state index is 13.6. The minimum Gasteiger partial charge on any atom is -0.372 e. The summed E-state index contributed by atoms with van der Waals surface area (Å²) in [6.45, 7) is 3.36. The second-order valence-corrected chi connectivity index (χ2v) is 7.75. The molecule has 0 bridgehead atoms. The molecule has 1 aliphatic heterocycles. The van der Waals surface area contributed by atoms with Crippen molar-refractivity contribution in [1.82, 2.24) is 5.32 Å². The molecule has 1 aromatic heterocycles. The normalized spacial score (nSPS) is 18.0. The zero-order chi connectivity index (χ0) is 18.2. The Bertz CT molecular complexity index is 687. The second kappa shape index (κ2) is 9.80. The molecule has 6 heteroatoms. The van der Waals surface area contributed by atoms with Crippen molar-refractivity contribution >= 4 is 17.2 Å². The number of hydrogen-bond donors (Lipinski definition) is 2. The first-order chi connectivity index (χ1) is 12.7. The van der Waals surface area contributed by atoms with Gasteiger partial charge in [-0.25, -0.2) is 4.39 Å². The van der Waals surface area contributed by atoms with E-state index in [1.54, 1.807) is 23.5 Å². The molecule has 2 heterocycles. The molecular weight excluding hydrogens is 351 g/mol. The first kappa shape index (κ1) is 19.0. The highest BCUT2D eigenvalue weighted by Gasteiger charge is 2.24. The number of rotatable bonds is 9. The Balaban J connectivity index is 1.48. The molecule has 2 N–H and O–H groups in total. The summed E-state index contributed by atoms with van der Waals surface area (Å²) in [5.74, 6) is -0.212. The molecule has 0 spiro atoms. The van der Waals surface area contributed by atoms with Gasteiger partial charge in [-0.2, -0.15) is 0 Å². The van der Waals surface area contributed by atoms with E-state index in [0.717, 1.165) is 32.5 Å². The molecule has 140 valence electrons. The van der Waals surface area contributed by atoms with Gasteiger partial charge in [0.1, 0.15) is 25.0 Å². The highest BCUT2D eigenvalue weighted by Crippen LogP contribution is 2.11. The lowest BCUT2D eigenvalue weighted by molar-refractivity contribution is -0.908. The zero-order valence-electron chi connectivity index (χ0n) is 14.9. The van der Waals surface area contributed by atoms with Crippen molar-refractivity contribution in [2.75, 3.05) is 26.2 Å². The lowest BCUT2D eigenvalue weighted by Crippen LogP contribution is -3.13. The van der Waals surface area contributed by atoms with Crippen molar-refractivity contribution in [1.29, 1.82) is 0 Å². The predicted molar refractivity (Wildman–Crippen MR) is 101 cm³/mol. The summed E-state index contributed by atoms with van der Waals surface area (Å²) in [5.41, 5.74) is 0.634. The molecule has 2 aromatic rings. The highest BCUT2D eigenvalue weighted by molar-refractivity contribution is 7.09. The summed E-state index contributed by atoms with van der Waals surface area (Å²) in [4.78, 5) is 14.9. The number of halogens is 1. The van der Waals surface area contributed by atoms with Crippen LogP contribution in [0.4, 0.5) is 4.39 Å². The second-order valence-electron chi connectivity index (χ2n) is 6.71. The summed E-state index contributed by atoms with van der Waals surface area (Å²) in [6.07, 6.45) is 2.93. The fourth-order valence-electron chi connectivity index (χ4n) is 3.32. The van der Waals surface area contributed by atoms with Crippen molar-refractivity contribution in [3.8, 4) is 0 Å². The van der Waals surface area contributed by atoms with Gasteiger partial charge in [0.05, 0.1) is 4.88 Å². The van der Waals surface area contributed by atoms with E-state index in [4.69, 9.17) is 4.74 Å². The van der Waals surface area contributed by atoms with Crippen molar-refractivity contribution in [3.05, 3.63) is 58.0 Å². The summed E-state index contributed by atoms with van der Waals surface area (Å²) < 4.78 is 19.4. The van der Waals surface area contributed by atoms with Crippen LogP contribution in [0.3, 0.4) is 0 Å². The standard InChI is InChI=1S/C20H25FN2O2S/c21-19-8-2-1-5-16(19)9-10-22-20(24)15-23(13-17-6-3-11-25-17)14-18-7-4-12-26-18/h1-2,4-5,7-8,12,17H,3,6,9-11,13-15H2,(H,22,24)/p+1/t17-/m1/s1. The average Bonchev–Trinajstić information content (AvgIpc) is 3.30. The van der Waals surface area contributed by atoms with Crippen molar-refractivity contribution in [3.63, 3.8) is 0 Å². The number of carbonyl (C=O) groups is 1. The molecule has 1 amide bonds. The van der Waals surface area contributed by atoms with Gasteiger partial charge >= 0.3 is 0 Å². The molecule has 1 fully saturated rings. The Morgan fingerprint density at radius 1 is 1.31 bits per heavy atom. The van der Waals surface area contributed by atoms with Crippen LogP contribution >= 0.6 is 11.3 Å². The number of ether oxygens (including phenoxy) is 1. The molecular formula is C20H26FN2O2S+. The van der Waals surface area contributed by atoms with Crippen LogP contribution in [-0.2, 0) is 22.5 Å². The highest BCUT2D eigenvalue weighted by atomic mass is 32.1. The van der Waals surface area contributed by atoms with Crippen molar-refractivity contribution < 1.29 is 18.8 Å². The summed E-state index contributed by atoms with van der Waals surface area (Å²) in [5, 5.41) is 4.99. The van der Waals surface area contributed by atoms with Crippen LogP contribution in [0.25, 0.3) is 0 Å². The Labute approximate surface area is 158 Å². The summed E-state index contributed by atoms with van der Waals surface area (Å²) in [7, 11) is 0. The molecule has 26 heavy (non-hydrogen) atoms. The van der Waals surface area contributed by atoms with E-state index >= 15 is 0 Å². The Morgan fingerprint density at radius 3 is 2.92 bits per heavy atom. The third-order valence-corrected chi connectivity index (χ3v) is 5.51. The van der Waals surface area contributed by atoms with Crippen molar-refractivity contribution in [2.24, 2.45) is 0 Å². The number of benzene rings is 1. The number of hydrogen-bond acceptors (Lipinski definition) is 3. The number of amides is 1. The van der Waals surface area contributed by atoms with E-state index in [9.17, 15) is 9.18 Å². The molecule has 0 aliphatic carbocycles. The van der Waals surface area contributed by atoms with E-state index < -0.39 is 0 Å². The number of carbonyl (C=O) groups excluding carboxylic acids is 1. The first-order valence-corrected chi connectivity index (χ1v) is 10.1. The van der Waals surface area contributed by atoms with Gasteiger partial charge in [0.25, 0.3) is 5.91 Å². The maximum Gasteiger partial charge on any atom is 0.275 e. The van der Waals surface area contributed by atoms with Gasteiger partial charge in [-0.3, -0.25) is 4.79 Å². The molecule has 1 aliphatic rings. The third-order valence-electron chi connectivity index (χ3n) is 4.63. The van der Waals surface area contributed by atoms with Crippen LogP contribution in [0.15, 0.2) is 41.8 Å². The molecule has 0 saturated carbocycles. The average molecular weight is 378 g/mol. The molecule has 1 saturated heterocycles. The van der Waals surface area contributed by atoms with Crippen LogP contribution in [0.2, 0.25) is 0 Å². The minimum atomic E-state index is -0.218. The quantitative estimate of drug-likeness (QED) is 0.700. The van der Waals surface area contributed by atoms with Crippen LogP contribution in [0, 0.1) is 5.82 Å². The largest absolute Gasteiger partial charge is 0.372 e. The lowest BCUT2D eigenvalue weighted by Gasteiger charge is -2.21. The topological polar surface area (TPSA) is 42.8 Å². The monoisotopic (exact) mass is 377 g/mol. The van der Waals surface area contributed by atoms with E-state index in [0.29, 0.717) is 25.1 Å². The van der Waals surface area contributed by atoms with Gasteiger partial charge in [0, 0.05) is 13.2 Å². The lowest BCUT2D eigenvalue weighted by atomic mass is 10.1. The Kier molecular flexibility index (Phi) is 7.17. The Morgan fingerprint density at radius 2 is 2.19 bits per heavy atom. The molecule has 0 radical (unpaired) electrons. The van der Waals surface area contributed by atoms with Gasteiger partial charge in [0.2, 0.25) is 0 Å². The van der Waals surface area contributed by atoms with Crippen LogP contribution < -0.4 is 10.2 Å². The maximum absolute atomic E-state index is 13.6. The van der Waals surface area contributed by atoms with Crippen LogP contribution in [-0.4, -0.2) is 38.3 Å². The number of nitrogens with one attached hydrogen (secondary N) is 2. The van der Waals surface area contributed by atoms with Gasteiger partial charge in [-0.05, 0) is 42.3 Å². The zero-order valence-corrected chi connectivity index (χ0v) is 15.7. The van der Waals surface area contributed by atoms with E-state index in [2.05, 4.69) is 16.8 Å². The summed E-state index contributed by atoms with van der Waals surface area (Å²) >= 11 is 1.72. The smallest absolute Gasteiger partial charge is 0.275 e. The van der Waals surface area contributed by atoms with E-state index in [1.165, 1.54) is 15.8 Å². The van der Waals surface area contributed by atoms with Gasteiger partial charge in [0.15, 0.2) is 6.54 Å². The number of thiophene rings is 1. The van der Waals surface area contributed by atoms with E-state index in [1.807, 2.05) is 12.1 Å². The van der Waals surface area contributed by atoms with Crippen LogP contribution in [0.5, 0.6) is 0 Å². The third kappa shape index (κ3) is 5.90. The molecule has 2 atom stereocenters. The van der Waals surface area contributed by atoms with Gasteiger partial charge in [-0.1, -0.05) is 24.3 Å². The predicted octanol–water partition coefficient (Wildman–Crippen LogP) is 1.81. The number of quaternary nitrogens is 1. The fraction of sp³-hybridized carbons (Fsp3) is 0.450. The Hall–Kier alpha value is -1.76. The fourth-order valence-corrected chi connectivity index (χ4v) is 4.10. The van der Waals surface area contributed by atoms with Crippen molar-refractivity contribution in [2.45, 2.75) is 31.9 Å². The van der Waals surface area contributed by atoms with E-state index in [-0.39, 0.29) is 17.8 Å². The minimum absolute atomic E-state index is 0.00546. The van der Waals surface area contributed by atoms with Gasteiger partial charge < -0.3 is 15.0 Å². The SMILES string of the molecule is O=C(C[NH+](Cc1cccs1)C[C@H]1CCCO1)NCCc1ccccc1F. The molecule has 4 nitrogen and oxygen atoms in total. The molecule has 1 aromatic carbocycles. The van der Waals surface area contributed by atoms with Gasteiger partial charge in [-0.15, -0.1) is 11.3 Å². The summed E-state index contributed by atoms with van der Waals surface area (Å²) in [6, 6.07) is 10.8. The molecule has 1 unspecified atom stereocenters. The van der Waals surface area contributed by atoms with Crippen LogP contribution in [0.1, 0.15) is 23.3 Å².